The summed E-state index contributed by atoms with van der Waals surface area (Å²) in [5, 5.41) is 2.83. The maximum Gasteiger partial charge on any atom is 0.223 e. The zero-order chi connectivity index (χ0) is 14.9. The molecule has 0 heterocycles. The van der Waals surface area contributed by atoms with Crippen LogP contribution in [0, 0.1) is 0 Å². The Balaban J connectivity index is 1.52. The van der Waals surface area contributed by atoms with Gasteiger partial charge in [-0.3, -0.25) is 4.79 Å². The van der Waals surface area contributed by atoms with Gasteiger partial charge in [0.1, 0.15) is 5.75 Å². The molecule has 0 spiro atoms. The summed E-state index contributed by atoms with van der Waals surface area (Å²) < 4.78 is 11.2. The molecular formula is C16H24N2O3. The standard InChI is InChI=1S/C16H24N2O3/c17-14-7-3-4-8-15(14)21-11-9-16(19)18-10-12-20-13-5-1-2-6-13/h3-4,7-8,13H,1-2,5-6,9-12,17H2,(H,18,19). The third-order valence-corrected chi connectivity index (χ3v) is 3.59. The Kier molecular flexibility index (Phi) is 6.34. The fourth-order valence-corrected chi connectivity index (χ4v) is 2.43. The molecule has 1 aliphatic carbocycles. The molecular weight excluding hydrogens is 268 g/mol. The summed E-state index contributed by atoms with van der Waals surface area (Å²) in [4.78, 5) is 11.6. The van der Waals surface area contributed by atoms with Crippen LogP contribution in [0.15, 0.2) is 24.3 Å². The second-order valence-electron chi connectivity index (χ2n) is 5.26. The third-order valence-electron chi connectivity index (χ3n) is 3.59. The molecule has 116 valence electrons. The molecule has 0 aliphatic heterocycles. The number of carbonyl (C=O) groups is 1. The monoisotopic (exact) mass is 292 g/mol. The van der Waals surface area contributed by atoms with E-state index < -0.39 is 0 Å². The highest BCUT2D eigenvalue weighted by molar-refractivity contribution is 5.76. The Bertz CT molecular complexity index is 445. The third kappa shape index (κ3) is 5.63. The Morgan fingerprint density at radius 2 is 2.00 bits per heavy atom. The van der Waals surface area contributed by atoms with E-state index in [4.69, 9.17) is 15.2 Å². The number of para-hydroxylation sites is 2. The quantitative estimate of drug-likeness (QED) is 0.568. The van der Waals surface area contributed by atoms with Crippen LogP contribution < -0.4 is 15.8 Å². The van der Waals surface area contributed by atoms with Gasteiger partial charge in [-0.25, -0.2) is 0 Å². The van der Waals surface area contributed by atoms with Crippen LogP contribution in [0.4, 0.5) is 5.69 Å². The highest BCUT2D eigenvalue weighted by Gasteiger charge is 2.14. The van der Waals surface area contributed by atoms with Crippen molar-refractivity contribution in [1.29, 1.82) is 0 Å². The summed E-state index contributed by atoms with van der Waals surface area (Å²) in [6.07, 6.45) is 5.54. The van der Waals surface area contributed by atoms with Crippen LogP contribution >= 0.6 is 0 Å². The van der Waals surface area contributed by atoms with Crippen molar-refractivity contribution in [2.24, 2.45) is 0 Å². The molecule has 1 aromatic carbocycles. The molecule has 5 nitrogen and oxygen atoms in total. The molecule has 0 atom stereocenters. The Morgan fingerprint density at radius 1 is 1.24 bits per heavy atom. The van der Waals surface area contributed by atoms with Gasteiger partial charge in [0.15, 0.2) is 0 Å². The van der Waals surface area contributed by atoms with Crippen molar-refractivity contribution < 1.29 is 14.3 Å². The van der Waals surface area contributed by atoms with Crippen LogP contribution in [0.2, 0.25) is 0 Å². The normalized spacial score (nSPS) is 15.0. The fraction of sp³-hybridized carbons (Fsp3) is 0.562. The minimum absolute atomic E-state index is 0.0282. The highest BCUT2D eigenvalue weighted by atomic mass is 16.5. The summed E-state index contributed by atoms with van der Waals surface area (Å²) in [5.41, 5.74) is 6.34. The van der Waals surface area contributed by atoms with Gasteiger partial charge < -0.3 is 20.5 Å². The predicted octanol–water partition coefficient (Wildman–Crippen LogP) is 2.11. The van der Waals surface area contributed by atoms with E-state index in [0.717, 1.165) is 12.8 Å². The van der Waals surface area contributed by atoms with E-state index in [2.05, 4.69) is 5.32 Å². The van der Waals surface area contributed by atoms with Crippen molar-refractivity contribution in [1.82, 2.24) is 5.32 Å². The molecule has 1 amide bonds. The summed E-state index contributed by atoms with van der Waals surface area (Å²) in [6.45, 7) is 1.47. The molecule has 1 aromatic rings. The first kappa shape index (κ1) is 15.6. The van der Waals surface area contributed by atoms with Gasteiger partial charge in [-0.15, -0.1) is 0 Å². The van der Waals surface area contributed by atoms with E-state index in [-0.39, 0.29) is 5.91 Å². The zero-order valence-electron chi connectivity index (χ0n) is 12.3. The lowest BCUT2D eigenvalue weighted by Crippen LogP contribution is -2.29. The number of nitrogen functional groups attached to an aromatic ring is 1. The van der Waals surface area contributed by atoms with Crippen LogP contribution in [-0.2, 0) is 9.53 Å². The number of benzene rings is 1. The van der Waals surface area contributed by atoms with Gasteiger partial charge in [-0.05, 0) is 25.0 Å². The lowest BCUT2D eigenvalue weighted by atomic mass is 10.3. The second kappa shape index (κ2) is 8.52. The molecule has 1 saturated carbocycles. The summed E-state index contributed by atoms with van der Waals surface area (Å²) in [6, 6.07) is 7.27. The van der Waals surface area contributed by atoms with Crippen molar-refractivity contribution in [2.75, 3.05) is 25.5 Å². The number of nitrogens with two attached hydrogens (primary N) is 1. The molecule has 3 N–H and O–H groups in total. The lowest BCUT2D eigenvalue weighted by Gasteiger charge is -2.12. The number of rotatable bonds is 8. The lowest BCUT2D eigenvalue weighted by molar-refractivity contribution is -0.121. The first-order chi connectivity index (χ1) is 10.3. The molecule has 2 rings (SSSR count). The average molecular weight is 292 g/mol. The van der Waals surface area contributed by atoms with Crippen molar-refractivity contribution in [3.8, 4) is 5.75 Å². The van der Waals surface area contributed by atoms with E-state index in [1.165, 1.54) is 12.8 Å². The van der Waals surface area contributed by atoms with Crippen molar-refractivity contribution >= 4 is 11.6 Å². The smallest absolute Gasteiger partial charge is 0.223 e. The molecule has 1 aliphatic rings. The van der Waals surface area contributed by atoms with E-state index in [9.17, 15) is 4.79 Å². The van der Waals surface area contributed by atoms with Gasteiger partial charge in [0.2, 0.25) is 5.91 Å². The molecule has 0 radical (unpaired) electrons. The topological polar surface area (TPSA) is 73.6 Å². The van der Waals surface area contributed by atoms with Crippen LogP contribution in [-0.4, -0.2) is 31.8 Å². The Labute approximate surface area is 125 Å². The van der Waals surface area contributed by atoms with Crippen LogP contribution in [0.3, 0.4) is 0 Å². The predicted molar refractivity (Wildman–Crippen MR) is 82.2 cm³/mol. The van der Waals surface area contributed by atoms with Gasteiger partial charge in [-0.1, -0.05) is 25.0 Å². The summed E-state index contributed by atoms with van der Waals surface area (Å²) in [5.74, 6) is 0.592. The minimum atomic E-state index is -0.0282. The molecule has 0 bridgehead atoms. The highest BCUT2D eigenvalue weighted by Crippen LogP contribution is 2.20. The molecule has 5 heteroatoms. The van der Waals surface area contributed by atoms with Crippen molar-refractivity contribution in [3.63, 3.8) is 0 Å². The fourth-order valence-electron chi connectivity index (χ4n) is 2.43. The van der Waals surface area contributed by atoms with Crippen LogP contribution in [0.25, 0.3) is 0 Å². The number of nitrogens with one attached hydrogen (secondary N) is 1. The molecule has 1 fully saturated rings. The van der Waals surface area contributed by atoms with Gasteiger partial charge in [0, 0.05) is 6.54 Å². The van der Waals surface area contributed by atoms with E-state index in [1.54, 1.807) is 12.1 Å². The zero-order valence-corrected chi connectivity index (χ0v) is 12.3. The number of carbonyl (C=O) groups excluding carboxylic acids is 1. The Morgan fingerprint density at radius 3 is 2.76 bits per heavy atom. The molecule has 0 aromatic heterocycles. The van der Waals surface area contributed by atoms with E-state index in [0.29, 0.717) is 43.7 Å². The maximum atomic E-state index is 11.6. The first-order valence-electron chi connectivity index (χ1n) is 7.61. The molecule has 0 unspecified atom stereocenters. The van der Waals surface area contributed by atoms with Crippen molar-refractivity contribution in [3.05, 3.63) is 24.3 Å². The van der Waals surface area contributed by atoms with Crippen LogP contribution in [0.5, 0.6) is 5.75 Å². The van der Waals surface area contributed by atoms with E-state index in [1.807, 2.05) is 12.1 Å². The number of anilines is 1. The van der Waals surface area contributed by atoms with Crippen LogP contribution in [0.1, 0.15) is 32.1 Å². The summed E-state index contributed by atoms with van der Waals surface area (Å²) >= 11 is 0. The van der Waals surface area contributed by atoms with E-state index >= 15 is 0 Å². The van der Waals surface area contributed by atoms with Gasteiger partial charge in [-0.2, -0.15) is 0 Å². The second-order valence-corrected chi connectivity index (χ2v) is 5.26. The molecule has 0 saturated heterocycles. The average Bonchev–Trinajstić information content (AvgIpc) is 2.99. The number of ether oxygens (including phenoxy) is 2. The maximum absolute atomic E-state index is 11.6. The number of amides is 1. The largest absolute Gasteiger partial charge is 0.491 e. The minimum Gasteiger partial charge on any atom is -0.491 e. The molecule has 21 heavy (non-hydrogen) atoms. The Hall–Kier alpha value is -1.75. The first-order valence-corrected chi connectivity index (χ1v) is 7.61. The number of hydrogen-bond acceptors (Lipinski definition) is 4. The van der Waals surface area contributed by atoms with Gasteiger partial charge >= 0.3 is 0 Å². The summed E-state index contributed by atoms with van der Waals surface area (Å²) in [7, 11) is 0. The number of hydrogen-bond donors (Lipinski definition) is 2. The van der Waals surface area contributed by atoms with Gasteiger partial charge in [0.05, 0.1) is 31.4 Å². The van der Waals surface area contributed by atoms with Crippen molar-refractivity contribution in [2.45, 2.75) is 38.2 Å². The van der Waals surface area contributed by atoms with Gasteiger partial charge in [0.25, 0.3) is 0 Å². The SMILES string of the molecule is Nc1ccccc1OCCC(=O)NCCOC1CCCC1.